The van der Waals surface area contributed by atoms with Crippen molar-refractivity contribution in [3.05, 3.63) is 23.5 Å². The number of hydrogen-bond acceptors (Lipinski definition) is 2. The van der Waals surface area contributed by atoms with Gasteiger partial charge in [0, 0.05) is 23.5 Å². The smallest absolute Gasteiger partial charge is 0.162 e. The number of rotatable bonds is 2. The number of aromatic nitrogens is 1. The molecule has 1 heterocycles. The summed E-state index contributed by atoms with van der Waals surface area (Å²) in [5.41, 5.74) is 0.940. The molecule has 1 aromatic rings. The van der Waals surface area contributed by atoms with Gasteiger partial charge in [0.05, 0.1) is 0 Å². The minimum absolute atomic E-state index is 0.0866. The Balaban J connectivity index is 3.16. The van der Waals surface area contributed by atoms with Gasteiger partial charge in [-0.25, -0.2) is 0 Å². The van der Waals surface area contributed by atoms with E-state index < -0.39 is 0 Å². The lowest BCUT2D eigenvalue weighted by Crippen LogP contribution is -1.99. The van der Waals surface area contributed by atoms with Crippen LogP contribution >= 0.6 is 0 Å². The Morgan fingerprint density at radius 3 is 1.73 bits per heavy atom. The van der Waals surface area contributed by atoms with E-state index in [1.54, 1.807) is 12.4 Å². The minimum Gasteiger partial charge on any atom is -0.366 e. The predicted octanol–water partition coefficient (Wildman–Crippen LogP) is 1.42. The number of nitrogens with one attached hydrogen (secondary N) is 1. The summed E-state index contributed by atoms with van der Waals surface area (Å²) in [5, 5.41) is 0. The largest absolute Gasteiger partial charge is 0.366 e. The molecule has 11 heavy (non-hydrogen) atoms. The van der Waals surface area contributed by atoms with E-state index in [1.165, 1.54) is 13.8 Å². The van der Waals surface area contributed by atoms with Crippen LogP contribution < -0.4 is 0 Å². The maximum atomic E-state index is 10.9. The maximum absolute atomic E-state index is 10.9. The molecule has 3 heteroatoms. The second kappa shape index (κ2) is 2.70. The van der Waals surface area contributed by atoms with Crippen LogP contribution in [-0.4, -0.2) is 16.6 Å². The predicted molar refractivity (Wildman–Crippen MR) is 40.8 cm³/mol. The Bertz CT molecular complexity index is 270. The van der Waals surface area contributed by atoms with Crippen LogP contribution in [0.15, 0.2) is 12.4 Å². The number of carbonyl (C=O) groups is 2. The first-order valence-corrected chi connectivity index (χ1v) is 3.31. The molecule has 0 aromatic carbocycles. The molecule has 1 rings (SSSR count). The fourth-order valence-corrected chi connectivity index (χ4v) is 0.946. The van der Waals surface area contributed by atoms with Gasteiger partial charge in [-0.2, -0.15) is 0 Å². The molecule has 0 aliphatic carbocycles. The first-order valence-electron chi connectivity index (χ1n) is 3.31. The second-order valence-corrected chi connectivity index (χ2v) is 2.40. The quantitative estimate of drug-likeness (QED) is 0.650. The summed E-state index contributed by atoms with van der Waals surface area (Å²) in [6, 6.07) is 0. The van der Waals surface area contributed by atoms with E-state index in [0.29, 0.717) is 11.1 Å². The molecule has 0 spiro atoms. The third-order valence-electron chi connectivity index (χ3n) is 1.50. The van der Waals surface area contributed by atoms with Gasteiger partial charge in [0.25, 0.3) is 0 Å². The lowest BCUT2D eigenvalue weighted by molar-refractivity contribution is 0.0981. The summed E-state index contributed by atoms with van der Waals surface area (Å²) in [4.78, 5) is 24.4. The number of Topliss-reactive ketones (excluding diaryl/α,β-unsaturated/α-hetero) is 2. The van der Waals surface area contributed by atoms with Crippen LogP contribution in [-0.2, 0) is 0 Å². The van der Waals surface area contributed by atoms with Gasteiger partial charge in [0.15, 0.2) is 11.6 Å². The SMILES string of the molecule is CC(=O)c1c[nH]cc1C(C)=O. The molecular weight excluding hydrogens is 142 g/mol. The Morgan fingerprint density at radius 1 is 1.09 bits per heavy atom. The molecule has 0 bridgehead atoms. The Morgan fingerprint density at radius 2 is 1.45 bits per heavy atom. The van der Waals surface area contributed by atoms with Crippen LogP contribution in [0, 0.1) is 0 Å². The molecule has 0 saturated carbocycles. The van der Waals surface area contributed by atoms with Gasteiger partial charge in [-0.05, 0) is 13.8 Å². The molecule has 0 radical (unpaired) electrons. The molecule has 0 aliphatic heterocycles. The summed E-state index contributed by atoms with van der Waals surface area (Å²) in [5.74, 6) is -0.173. The van der Waals surface area contributed by atoms with Crippen LogP contribution in [0.2, 0.25) is 0 Å². The van der Waals surface area contributed by atoms with Crippen molar-refractivity contribution >= 4 is 11.6 Å². The van der Waals surface area contributed by atoms with Crippen LogP contribution in [0.5, 0.6) is 0 Å². The van der Waals surface area contributed by atoms with E-state index in [4.69, 9.17) is 0 Å². The fourth-order valence-electron chi connectivity index (χ4n) is 0.946. The van der Waals surface area contributed by atoms with Gasteiger partial charge in [-0.1, -0.05) is 0 Å². The zero-order chi connectivity index (χ0) is 8.43. The van der Waals surface area contributed by atoms with Crippen molar-refractivity contribution in [2.75, 3.05) is 0 Å². The highest BCUT2D eigenvalue weighted by Gasteiger charge is 2.10. The number of H-pyrrole nitrogens is 1. The van der Waals surface area contributed by atoms with Crippen LogP contribution in [0.25, 0.3) is 0 Å². The maximum Gasteiger partial charge on any atom is 0.162 e. The molecule has 3 nitrogen and oxygen atoms in total. The van der Waals surface area contributed by atoms with E-state index in [0.717, 1.165) is 0 Å². The zero-order valence-corrected chi connectivity index (χ0v) is 6.47. The lowest BCUT2D eigenvalue weighted by atomic mass is 10.1. The first kappa shape index (κ1) is 7.72. The molecule has 0 fully saturated rings. The number of ketones is 2. The van der Waals surface area contributed by atoms with Crippen LogP contribution in [0.3, 0.4) is 0 Å². The van der Waals surface area contributed by atoms with Gasteiger partial charge in [0.2, 0.25) is 0 Å². The Kier molecular flexibility index (Phi) is 1.89. The molecule has 0 aliphatic rings. The highest BCUT2D eigenvalue weighted by atomic mass is 16.1. The summed E-state index contributed by atoms with van der Waals surface area (Å²) in [6.45, 7) is 2.88. The van der Waals surface area contributed by atoms with E-state index in [-0.39, 0.29) is 11.6 Å². The molecular formula is C8H9NO2. The summed E-state index contributed by atoms with van der Waals surface area (Å²) >= 11 is 0. The monoisotopic (exact) mass is 151 g/mol. The number of hydrogen-bond donors (Lipinski definition) is 1. The lowest BCUT2D eigenvalue weighted by Gasteiger charge is -1.92. The fraction of sp³-hybridized carbons (Fsp3) is 0.250. The van der Waals surface area contributed by atoms with E-state index in [9.17, 15) is 9.59 Å². The summed E-state index contributed by atoms with van der Waals surface area (Å²) < 4.78 is 0. The molecule has 0 amide bonds. The third-order valence-corrected chi connectivity index (χ3v) is 1.50. The van der Waals surface area contributed by atoms with Crippen molar-refractivity contribution in [2.24, 2.45) is 0 Å². The normalized spacial score (nSPS) is 9.64. The van der Waals surface area contributed by atoms with E-state index >= 15 is 0 Å². The van der Waals surface area contributed by atoms with Crippen LogP contribution in [0.1, 0.15) is 34.6 Å². The van der Waals surface area contributed by atoms with Crippen molar-refractivity contribution in [1.82, 2.24) is 4.98 Å². The molecule has 1 aromatic heterocycles. The average Bonchev–Trinajstić information content (AvgIpc) is 2.32. The molecule has 0 unspecified atom stereocenters. The van der Waals surface area contributed by atoms with Gasteiger partial charge >= 0.3 is 0 Å². The highest BCUT2D eigenvalue weighted by molar-refractivity contribution is 6.07. The third kappa shape index (κ3) is 1.37. The molecule has 0 atom stereocenters. The Hall–Kier alpha value is -1.38. The van der Waals surface area contributed by atoms with Crippen molar-refractivity contribution in [3.8, 4) is 0 Å². The Labute approximate surface area is 64.4 Å². The summed E-state index contributed by atoms with van der Waals surface area (Å²) in [6.07, 6.45) is 3.08. The van der Waals surface area contributed by atoms with Crippen molar-refractivity contribution in [1.29, 1.82) is 0 Å². The van der Waals surface area contributed by atoms with Gasteiger partial charge in [-0.15, -0.1) is 0 Å². The number of carbonyl (C=O) groups excluding carboxylic acids is 2. The van der Waals surface area contributed by atoms with E-state index in [2.05, 4.69) is 4.98 Å². The standard InChI is InChI=1S/C8H9NO2/c1-5(10)7-3-9-4-8(7)6(2)11/h3-4,9H,1-2H3. The van der Waals surface area contributed by atoms with Crippen molar-refractivity contribution < 1.29 is 9.59 Å². The second-order valence-electron chi connectivity index (χ2n) is 2.40. The molecule has 1 N–H and O–H groups in total. The van der Waals surface area contributed by atoms with Gasteiger partial charge in [-0.3, -0.25) is 9.59 Å². The average molecular weight is 151 g/mol. The topological polar surface area (TPSA) is 49.9 Å². The zero-order valence-electron chi connectivity index (χ0n) is 6.47. The van der Waals surface area contributed by atoms with Gasteiger partial charge < -0.3 is 4.98 Å². The molecule has 0 saturated heterocycles. The van der Waals surface area contributed by atoms with Crippen molar-refractivity contribution in [2.45, 2.75) is 13.8 Å². The minimum atomic E-state index is -0.0866. The molecule has 58 valence electrons. The van der Waals surface area contributed by atoms with Crippen LogP contribution in [0.4, 0.5) is 0 Å². The number of aromatic amines is 1. The van der Waals surface area contributed by atoms with Crippen molar-refractivity contribution in [3.63, 3.8) is 0 Å². The highest BCUT2D eigenvalue weighted by Crippen LogP contribution is 2.08. The van der Waals surface area contributed by atoms with E-state index in [1.807, 2.05) is 0 Å². The summed E-state index contributed by atoms with van der Waals surface area (Å²) in [7, 11) is 0. The first-order chi connectivity index (χ1) is 5.13. The van der Waals surface area contributed by atoms with Gasteiger partial charge in [0.1, 0.15) is 0 Å².